The first kappa shape index (κ1) is 24.5. The molecule has 0 saturated heterocycles. The molecule has 0 amide bonds. The maximum atomic E-state index is 13.1. The summed E-state index contributed by atoms with van der Waals surface area (Å²) in [5.74, 6) is 0.111. The Bertz CT molecular complexity index is 1220. The van der Waals surface area contributed by atoms with Crippen molar-refractivity contribution in [1.29, 1.82) is 0 Å². The zero-order valence-electron chi connectivity index (χ0n) is 19.8. The van der Waals surface area contributed by atoms with Gasteiger partial charge in [-0.3, -0.25) is 4.90 Å². The van der Waals surface area contributed by atoms with E-state index in [0.29, 0.717) is 24.5 Å². The highest BCUT2D eigenvalue weighted by Gasteiger charge is 2.33. The standard InChI is InChI=1S/C27H29F3N4O2/c28-27(29,30)18-10-11-20(24(36)14-18)25-19-12-13-34(15-17-6-2-1-3-7-17)16-21(19)26(33-32-25)31-22-8-4-5-9-23(22)35/h1-3,6-7,10-11,14,22-23,35-36H,4-5,8-9,12-13,15-16H2,(H,31,33)/t22-,23-/m1/s1. The number of benzene rings is 2. The van der Waals surface area contributed by atoms with Crippen molar-refractivity contribution < 1.29 is 23.4 Å². The highest BCUT2D eigenvalue weighted by atomic mass is 19.4. The number of phenols is 1. The summed E-state index contributed by atoms with van der Waals surface area (Å²) in [6.45, 7) is 2.04. The molecule has 2 heterocycles. The van der Waals surface area contributed by atoms with Crippen molar-refractivity contribution in [3.05, 3.63) is 70.8 Å². The molecule has 2 aliphatic rings. The van der Waals surface area contributed by atoms with Crippen LogP contribution in [0.25, 0.3) is 11.3 Å². The minimum absolute atomic E-state index is 0.132. The van der Waals surface area contributed by atoms with E-state index in [2.05, 4.69) is 32.5 Å². The Balaban J connectivity index is 1.51. The van der Waals surface area contributed by atoms with Crippen LogP contribution in [0, 0.1) is 0 Å². The first-order valence-electron chi connectivity index (χ1n) is 12.3. The van der Waals surface area contributed by atoms with Gasteiger partial charge in [0.2, 0.25) is 0 Å². The summed E-state index contributed by atoms with van der Waals surface area (Å²) in [6, 6.07) is 12.9. The zero-order valence-corrected chi connectivity index (χ0v) is 19.8. The fourth-order valence-electron chi connectivity index (χ4n) is 5.19. The molecule has 0 spiro atoms. The smallest absolute Gasteiger partial charge is 0.416 e. The molecule has 6 nitrogen and oxygen atoms in total. The van der Waals surface area contributed by atoms with E-state index in [9.17, 15) is 23.4 Å². The fourth-order valence-corrected chi connectivity index (χ4v) is 5.19. The second-order valence-corrected chi connectivity index (χ2v) is 9.63. The Hall–Kier alpha value is -3.17. The number of alkyl halides is 3. The predicted octanol–water partition coefficient (Wildman–Crippen LogP) is 5.14. The van der Waals surface area contributed by atoms with Crippen molar-refractivity contribution in [2.24, 2.45) is 0 Å². The van der Waals surface area contributed by atoms with Crippen LogP contribution in [-0.4, -0.2) is 44.0 Å². The molecule has 2 aromatic carbocycles. The van der Waals surface area contributed by atoms with Gasteiger partial charge in [-0.05, 0) is 48.6 Å². The van der Waals surface area contributed by atoms with E-state index in [4.69, 9.17) is 0 Å². The van der Waals surface area contributed by atoms with Crippen molar-refractivity contribution in [1.82, 2.24) is 15.1 Å². The number of rotatable bonds is 5. The largest absolute Gasteiger partial charge is 0.507 e. The van der Waals surface area contributed by atoms with Crippen LogP contribution in [0.2, 0.25) is 0 Å². The van der Waals surface area contributed by atoms with Gasteiger partial charge in [0.25, 0.3) is 0 Å². The van der Waals surface area contributed by atoms with Crippen molar-refractivity contribution in [2.45, 2.75) is 63.5 Å². The molecule has 36 heavy (non-hydrogen) atoms. The number of anilines is 1. The molecule has 0 unspecified atom stereocenters. The number of hydrogen-bond acceptors (Lipinski definition) is 6. The van der Waals surface area contributed by atoms with E-state index in [1.807, 2.05) is 18.2 Å². The van der Waals surface area contributed by atoms with Crippen LogP contribution < -0.4 is 5.32 Å². The number of nitrogens with zero attached hydrogens (tertiary/aromatic N) is 3. The van der Waals surface area contributed by atoms with Crippen molar-refractivity contribution in [3.63, 3.8) is 0 Å². The summed E-state index contributed by atoms with van der Waals surface area (Å²) >= 11 is 0. The molecule has 3 aromatic rings. The lowest BCUT2D eigenvalue weighted by Crippen LogP contribution is -2.38. The van der Waals surface area contributed by atoms with Crippen LogP contribution in [-0.2, 0) is 25.7 Å². The zero-order chi connectivity index (χ0) is 25.3. The quantitative estimate of drug-likeness (QED) is 0.452. The molecule has 9 heteroatoms. The molecule has 1 aromatic heterocycles. The molecule has 5 rings (SSSR count). The molecular formula is C27H29F3N4O2. The molecule has 1 saturated carbocycles. The molecule has 1 aliphatic carbocycles. The number of phenolic OH excluding ortho intramolecular Hbond substituents is 1. The highest BCUT2D eigenvalue weighted by Crippen LogP contribution is 2.39. The van der Waals surface area contributed by atoms with E-state index >= 15 is 0 Å². The predicted molar refractivity (Wildman–Crippen MR) is 130 cm³/mol. The van der Waals surface area contributed by atoms with Crippen molar-refractivity contribution in [3.8, 4) is 17.0 Å². The van der Waals surface area contributed by atoms with Gasteiger partial charge in [-0.15, -0.1) is 10.2 Å². The van der Waals surface area contributed by atoms with E-state index in [0.717, 1.165) is 62.0 Å². The van der Waals surface area contributed by atoms with Gasteiger partial charge in [0, 0.05) is 30.8 Å². The maximum Gasteiger partial charge on any atom is 0.416 e. The van der Waals surface area contributed by atoms with Crippen molar-refractivity contribution >= 4 is 5.82 Å². The number of fused-ring (bicyclic) bond motifs is 1. The van der Waals surface area contributed by atoms with E-state index in [1.165, 1.54) is 11.6 Å². The summed E-state index contributed by atoms with van der Waals surface area (Å²) in [4.78, 5) is 2.29. The number of aliphatic hydroxyl groups excluding tert-OH is 1. The number of aromatic hydroxyl groups is 1. The minimum atomic E-state index is -4.55. The molecule has 3 N–H and O–H groups in total. The molecule has 0 radical (unpaired) electrons. The van der Waals surface area contributed by atoms with Gasteiger partial charge in [-0.1, -0.05) is 43.2 Å². The summed E-state index contributed by atoms with van der Waals surface area (Å²) < 4.78 is 39.4. The molecule has 1 fully saturated rings. The average Bonchev–Trinajstić information content (AvgIpc) is 2.86. The Morgan fingerprint density at radius 2 is 1.78 bits per heavy atom. The SMILES string of the molecule is Oc1cc(C(F)(F)F)ccc1-c1nnc(N[C@@H]2CCCC[C@H]2O)c2c1CCN(Cc1ccccc1)C2. The fraction of sp³-hybridized carbons (Fsp3) is 0.407. The van der Waals surface area contributed by atoms with Gasteiger partial charge in [0.05, 0.1) is 17.7 Å². The first-order chi connectivity index (χ1) is 17.3. The number of nitrogens with one attached hydrogen (secondary N) is 1. The summed E-state index contributed by atoms with van der Waals surface area (Å²) in [6.07, 6.45) is -0.859. The Morgan fingerprint density at radius 1 is 1.00 bits per heavy atom. The number of halogens is 3. The summed E-state index contributed by atoms with van der Waals surface area (Å²) in [7, 11) is 0. The number of aliphatic hydroxyl groups is 1. The Morgan fingerprint density at radius 3 is 2.50 bits per heavy atom. The molecule has 1 aliphatic heterocycles. The van der Waals surface area contributed by atoms with E-state index in [1.54, 1.807) is 0 Å². The summed E-state index contributed by atoms with van der Waals surface area (Å²) in [5.41, 5.74) is 2.65. The molecule has 0 bridgehead atoms. The average molecular weight is 499 g/mol. The van der Waals surface area contributed by atoms with Gasteiger partial charge in [-0.2, -0.15) is 13.2 Å². The third-order valence-corrected chi connectivity index (χ3v) is 7.13. The van der Waals surface area contributed by atoms with Gasteiger partial charge in [0.15, 0.2) is 5.82 Å². The van der Waals surface area contributed by atoms with E-state index < -0.39 is 23.6 Å². The van der Waals surface area contributed by atoms with Gasteiger partial charge >= 0.3 is 6.18 Å². The molecular weight excluding hydrogens is 469 g/mol. The van der Waals surface area contributed by atoms with Gasteiger partial charge in [0.1, 0.15) is 11.4 Å². The second-order valence-electron chi connectivity index (χ2n) is 9.63. The lowest BCUT2D eigenvalue weighted by molar-refractivity contribution is -0.137. The monoisotopic (exact) mass is 498 g/mol. The third-order valence-electron chi connectivity index (χ3n) is 7.13. The maximum absolute atomic E-state index is 13.1. The normalized spacial score (nSPS) is 20.7. The van der Waals surface area contributed by atoms with Crippen LogP contribution >= 0.6 is 0 Å². The van der Waals surface area contributed by atoms with Crippen LogP contribution in [0.15, 0.2) is 48.5 Å². The molecule has 2 atom stereocenters. The number of aromatic nitrogens is 2. The lowest BCUT2D eigenvalue weighted by atomic mass is 9.91. The lowest BCUT2D eigenvalue weighted by Gasteiger charge is -2.33. The minimum Gasteiger partial charge on any atom is -0.507 e. The number of hydrogen-bond donors (Lipinski definition) is 3. The van der Waals surface area contributed by atoms with Crippen LogP contribution in [0.3, 0.4) is 0 Å². The summed E-state index contributed by atoms with van der Waals surface area (Å²) in [5, 5.41) is 33.2. The van der Waals surface area contributed by atoms with Crippen LogP contribution in [0.4, 0.5) is 19.0 Å². The third kappa shape index (κ3) is 5.17. The van der Waals surface area contributed by atoms with Gasteiger partial charge < -0.3 is 15.5 Å². The highest BCUT2D eigenvalue weighted by molar-refractivity contribution is 5.73. The second kappa shape index (κ2) is 10.1. The van der Waals surface area contributed by atoms with Gasteiger partial charge in [-0.25, -0.2) is 0 Å². The topological polar surface area (TPSA) is 81.5 Å². The Labute approximate surface area is 207 Å². The first-order valence-corrected chi connectivity index (χ1v) is 12.3. The van der Waals surface area contributed by atoms with Crippen LogP contribution in [0.1, 0.15) is 47.9 Å². The van der Waals surface area contributed by atoms with Crippen molar-refractivity contribution in [2.75, 3.05) is 11.9 Å². The van der Waals surface area contributed by atoms with E-state index in [-0.39, 0.29) is 11.6 Å². The molecule has 190 valence electrons. The Kier molecular flexibility index (Phi) is 6.85. The van der Waals surface area contributed by atoms with Crippen LogP contribution in [0.5, 0.6) is 5.75 Å².